The summed E-state index contributed by atoms with van der Waals surface area (Å²) in [6.45, 7) is 0.476. The SMILES string of the molecule is NCC1c2nc(F)ccc2OC12CC2. The zero-order valence-corrected chi connectivity index (χ0v) is 7.66. The Balaban J connectivity index is 2.09. The van der Waals surface area contributed by atoms with Crippen molar-refractivity contribution in [1.29, 1.82) is 0 Å². The Morgan fingerprint density at radius 2 is 2.36 bits per heavy atom. The Bertz CT molecular complexity index is 390. The predicted molar refractivity (Wildman–Crippen MR) is 48.6 cm³/mol. The second kappa shape index (κ2) is 2.45. The van der Waals surface area contributed by atoms with Gasteiger partial charge in [0.2, 0.25) is 5.95 Å². The maximum Gasteiger partial charge on any atom is 0.213 e. The number of nitrogens with two attached hydrogens (primary N) is 1. The molecule has 1 aromatic rings. The number of rotatable bonds is 1. The molecule has 0 saturated heterocycles. The molecule has 1 unspecified atom stereocenters. The molecule has 14 heavy (non-hydrogen) atoms. The molecule has 74 valence electrons. The van der Waals surface area contributed by atoms with Crippen LogP contribution in [-0.2, 0) is 0 Å². The lowest BCUT2D eigenvalue weighted by Gasteiger charge is -2.14. The van der Waals surface area contributed by atoms with E-state index in [0.29, 0.717) is 18.0 Å². The summed E-state index contributed by atoms with van der Waals surface area (Å²) in [6, 6.07) is 2.97. The molecule has 0 aromatic carbocycles. The zero-order chi connectivity index (χ0) is 9.76. The molecule has 1 aliphatic carbocycles. The van der Waals surface area contributed by atoms with Crippen molar-refractivity contribution in [2.75, 3.05) is 6.54 Å². The second-order valence-corrected chi connectivity index (χ2v) is 3.97. The van der Waals surface area contributed by atoms with E-state index in [1.165, 1.54) is 6.07 Å². The number of ether oxygens (including phenoxy) is 1. The summed E-state index contributed by atoms with van der Waals surface area (Å²) in [6.07, 6.45) is 2.01. The van der Waals surface area contributed by atoms with Crippen LogP contribution in [0.1, 0.15) is 24.5 Å². The first-order valence-electron chi connectivity index (χ1n) is 4.81. The highest BCUT2D eigenvalue weighted by Crippen LogP contribution is 2.56. The Hall–Kier alpha value is -1.16. The van der Waals surface area contributed by atoms with Crippen LogP contribution in [0.25, 0.3) is 0 Å². The van der Waals surface area contributed by atoms with Gasteiger partial charge in [-0.3, -0.25) is 0 Å². The van der Waals surface area contributed by atoms with Crippen molar-refractivity contribution in [2.45, 2.75) is 24.4 Å². The van der Waals surface area contributed by atoms with Gasteiger partial charge in [0.05, 0.1) is 11.6 Å². The molecule has 3 rings (SSSR count). The van der Waals surface area contributed by atoms with Gasteiger partial charge in [-0.05, 0) is 25.0 Å². The number of nitrogens with zero attached hydrogens (tertiary/aromatic N) is 1. The summed E-state index contributed by atoms with van der Waals surface area (Å²) >= 11 is 0. The maximum absolute atomic E-state index is 12.9. The Labute approximate surface area is 81.1 Å². The third-order valence-corrected chi connectivity index (χ3v) is 3.11. The van der Waals surface area contributed by atoms with E-state index in [1.807, 2.05) is 0 Å². The predicted octanol–water partition coefficient (Wildman–Crippen LogP) is 1.19. The van der Waals surface area contributed by atoms with Gasteiger partial charge < -0.3 is 10.5 Å². The topological polar surface area (TPSA) is 48.1 Å². The molecule has 1 fully saturated rings. The lowest BCUT2D eigenvalue weighted by molar-refractivity contribution is 0.184. The van der Waals surface area contributed by atoms with Gasteiger partial charge in [0.1, 0.15) is 11.4 Å². The highest BCUT2D eigenvalue weighted by Gasteiger charge is 2.57. The highest BCUT2D eigenvalue weighted by molar-refractivity contribution is 5.41. The first-order chi connectivity index (χ1) is 6.75. The molecule has 2 heterocycles. The molecule has 4 heteroatoms. The molecule has 0 radical (unpaired) electrons. The molecule has 2 N–H and O–H groups in total. The van der Waals surface area contributed by atoms with E-state index in [9.17, 15) is 4.39 Å². The number of halogens is 1. The van der Waals surface area contributed by atoms with Gasteiger partial charge in [0, 0.05) is 6.54 Å². The third kappa shape index (κ3) is 0.917. The molecule has 2 aliphatic rings. The normalized spacial score (nSPS) is 26.0. The van der Waals surface area contributed by atoms with Crippen LogP contribution < -0.4 is 10.5 Å². The van der Waals surface area contributed by atoms with E-state index < -0.39 is 5.95 Å². The molecule has 1 spiro atoms. The Morgan fingerprint density at radius 3 is 3.00 bits per heavy atom. The van der Waals surface area contributed by atoms with E-state index in [1.54, 1.807) is 6.07 Å². The molecule has 0 bridgehead atoms. The summed E-state index contributed by atoms with van der Waals surface area (Å²) in [5, 5.41) is 0. The number of hydrogen-bond donors (Lipinski definition) is 1. The van der Waals surface area contributed by atoms with Gasteiger partial charge in [-0.25, -0.2) is 4.98 Å². The summed E-state index contributed by atoms with van der Waals surface area (Å²) in [5.74, 6) is 0.330. The van der Waals surface area contributed by atoms with Crippen molar-refractivity contribution < 1.29 is 9.13 Å². The van der Waals surface area contributed by atoms with Crippen molar-refractivity contribution in [2.24, 2.45) is 5.73 Å². The van der Waals surface area contributed by atoms with E-state index in [0.717, 1.165) is 12.8 Å². The number of pyridine rings is 1. The monoisotopic (exact) mass is 194 g/mol. The minimum Gasteiger partial charge on any atom is -0.485 e. The van der Waals surface area contributed by atoms with Crippen LogP contribution in [0.4, 0.5) is 4.39 Å². The summed E-state index contributed by atoms with van der Waals surface area (Å²) < 4.78 is 18.7. The van der Waals surface area contributed by atoms with Crippen molar-refractivity contribution >= 4 is 0 Å². The van der Waals surface area contributed by atoms with Crippen LogP contribution in [0.3, 0.4) is 0 Å². The number of hydrogen-bond acceptors (Lipinski definition) is 3. The van der Waals surface area contributed by atoms with Gasteiger partial charge >= 0.3 is 0 Å². The second-order valence-electron chi connectivity index (χ2n) is 3.97. The third-order valence-electron chi connectivity index (χ3n) is 3.11. The molecule has 1 aromatic heterocycles. The van der Waals surface area contributed by atoms with Crippen LogP contribution in [0, 0.1) is 5.95 Å². The minimum atomic E-state index is -0.455. The fourth-order valence-electron chi connectivity index (χ4n) is 2.21. The summed E-state index contributed by atoms with van der Waals surface area (Å²) in [5.41, 5.74) is 6.23. The lowest BCUT2D eigenvalue weighted by atomic mass is 9.98. The largest absolute Gasteiger partial charge is 0.485 e. The average Bonchev–Trinajstić information content (AvgIpc) is 2.83. The highest BCUT2D eigenvalue weighted by atomic mass is 19.1. The average molecular weight is 194 g/mol. The van der Waals surface area contributed by atoms with Crippen LogP contribution >= 0.6 is 0 Å². The van der Waals surface area contributed by atoms with E-state index in [4.69, 9.17) is 10.5 Å². The van der Waals surface area contributed by atoms with Gasteiger partial charge in [-0.15, -0.1) is 0 Å². The van der Waals surface area contributed by atoms with Crippen molar-refractivity contribution in [3.05, 3.63) is 23.8 Å². The maximum atomic E-state index is 12.9. The van der Waals surface area contributed by atoms with Crippen molar-refractivity contribution in [1.82, 2.24) is 4.98 Å². The number of aromatic nitrogens is 1. The van der Waals surface area contributed by atoms with Gasteiger partial charge in [0.15, 0.2) is 0 Å². The van der Waals surface area contributed by atoms with Crippen LogP contribution in [0.2, 0.25) is 0 Å². The summed E-state index contributed by atoms with van der Waals surface area (Å²) in [4.78, 5) is 3.87. The van der Waals surface area contributed by atoms with Crippen LogP contribution in [-0.4, -0.2) is 17.1 Å². The smallest absolute Gasteiger partial charge is 0.213 e. The van der Waals surface area contributed by atoms with Crippen molar-refractivity contribution in [3.63, 3.8) is 0 Å². The van der Waals surface area contributed by atoms with E-state index >= 15 is 0 Å². The standard InChI is InChI=1S/C10H11FN2O/c11-8-2-1-7-9(13-8)6(5-12)10(14-7)3-4-10/h1-2,6H,3-5,12H2. The number of fused-ring (bicyclic) bond motifs is 1. The molecule has 1 atom stereocenters. The van der Waals surface area contributed by atoms with Crippen LogP contribution in [0.15, 0.2) is 12.1 Å². The Kier molecular flexibility index (Phi) is 1.43. The molecule has 3 nitrogen and oxygen atoms in total. The van der Waals surface area contributed by atoms with Gasteiger partial charge in [-0.1, -0.05) is 0 Å². The quantitative estimate of drug-likeness (QED) is 0.683. The van der Waals surface area contributed by atoms with E-state index in [2.05, 4.69) is 4.98 Å². The van der Waals surface area contributed by atoms with Gasteiger partial charge in [-0.2, -0.15) is 4.39 Å². The summed E-state index contributed by atoms with van der Waals surface area (Å²) in [7, 11) is 0. The van der Waals surface area contributed by atoms with Crippen molar-refractivity contribution in [3.8, 4) is 5.75 Å². The lowest BCUT2D eigenvalue weighted by Crippen LogP contribution is -2.27. The van der Waals surface area contributed by atoms with Crippen LogP contribution in [0.5, 0.6) is 5.75 Å². The fourth-order valence-corrected chi connectivity index (χ4v) is 2.21. The van der Waals surface area contributed by atoms with E-state index in [-0.39, 0.29) is 11.5 Å². The molecule has 0 amide bonds. The van der Waals surface area contributed by atoms with Gasteiger partial charge in [0.25, 0.3) is 0 Å². The molecular weight excluding hydrogens is 183 g/mol. The molecule has 1 aliphatic heterocycles. The zero-order valence-electron chi connectivity index (χ0n) is 7.66. The first kappa shape index (κ1) is 8.17. The fraction of sp³-hybridized carbons (Fsp3) is 0.500. The minimum absolute atomic E-state index is 0.0770. The first-order valence-corrected chi connectivity index (χ1v) is 4.81. The Morgan fingerprint density at radius 1 is 1.57 bits per heavy atom. The molecular formula is C10H11FN2O. The molecule has 1 saturated carbocycles.